The van der Waals surface area contributed by atoms with Crippen LogP contribution in [-0.4, -0.2) is 17.5 Å². The topological polar surface area (TPSA) is 23.4 Å². The third-order valence-corrected chi connectivity index (χ3v) is 8.97. The van der Waals surface area contributed by atoms with E-state index in [4.69, 9.17) is 9.47 Å². The lowest BCUT2D eigenvalue weighted by atomic mass is 9.72. The smallest absolute Gasteiger partial charge is 0.199 e. The number of aromatic nitrogens is 1. The van der Waals surface area contributed by atoms with E-state index in [-0.39, 0.29) is 17.1 Å². The van der Waals surface area contributed by atoms with E-state index < -0.39 is 0 Å². The van der Waals surface area contributed by atoms with E-state index in [1.165, 1.54) is 64.2 Å². The van der Waals surface area contributed by atoms with E-state index in [1.54, 1.807) is 0 Å². The van der Waals surface area contributed by atoms with Crippen LogP contribution < -0.4 is 4.74 Å². The maximum atomic E-state index is 6.75. The number of rotatable bonds is 11. The molecule has 0 N–H and O–H groups in total. The molecule has 2 heterocycles. The molecule has 1 unspecified atom stereocenters. The van der Waals surface area contributed by atoms with E-state index in [2.05, 4.69) is 108 Å². The van der Waals surface area contributed by atoms with Crippen molar-refractivity contribution in [2.24, 2.45) is 5.41 Å². The molecule has 3 nitrogen and oxygen atoms in total. The van der Waals surface area contributed by atoms with Gasteiger partial charge in [-0.25, -0.2) is 0 Å². The molecule has 0 amide bonds. The van der Waals surface area contributed by atoms with Crippen LogP contribution in [0.4, 0.5) is 0 Å². The van der Waals surface area contributed by atoms with Crippen molar-refractivity contribution in [1.29, 1.82) is 0 Å². The van der Waals surface area contributed by atoms with Crippen LogP contribution in [0.3, 0.4) is 0 Å². The molecule has 4 aromatic rings. The van der Waals surface area contributed by atoms with Crippen LogP contribution in [0, 0.1) is 5.41 Å². The van der Waals surface area contributed by atoms with Gasteiger partial charge in [-0.1, -0.05) is 97.7 Å². The van der Waals surface area contributed by atoms with Crippen molar-refractivity contribution in [3.8, 4) is 11.4 Å². The summed E-state index contributed by atoms with van der Waals surface area (Å²) in [5.41, 5.74) is 8.36. The summed E-state index contributed by atoms with van der Waals surface area (Å²) in [4.78, 5) is 0. The predicted molar refractivity (Wildman–Crippen MR) is 179 cm³/mol. The van der Waals surface area contributed by atoms with E-state index in [9.17, 15) is 0 Å². The average molecular weight is 568 g/mol. The summed E-state index contributed by atoms with van der Waals surface area (Å²) in [7, 11) is 0. The van der Waals surface area contributed by atoms with E-state index in [0.717, 1.165) is 56.6 Å². The third kappa shape index (κ3) is 6.57. The lowest BCUT2D eigenvalue weighted by Gasteiger charge is -2.34. The third-order valence-electron chi connectivity index (χ3n) is 8.97. The molecule has 0 spiro atoms. The SMILES string of the molecule is CCCCc1ccc2c3ccccc3n(-c3cc(C(C)(C)CC(C)(C)C)ccc3OC3CCCCO3)c2c1CCCC. The Kier molecular flexibility index (Phi) is 9.38. The summed E-state index contributed by atoms with van der Waals surface area (Å²) in [6, 6.07) is 20.7. The number of unbranched alkanes of at least 4 members (excludes halogenated alkanes) is 2. The monoisotopic (exact) mass is 567 g/mol. The van der Waals surface area contributed by atoms with Gasteiger partial charge in [-0.2, -0.15) is 0 Å². The lowest BCUT2D eigenvalue weighted by molar-refractivity contribution is -0.105. The van der Waals surface area contributed by atoms with Crippen LogP contribution in [0.25, 0.3) is 27.5 Å². The number of nitrogens with zero attached hydrogens (tertiary/aromatic N) is 1. The highest BCUT2D eigenvalue weighted by molar-refractivity contribution is 6.10. The molecule has 1 saturated heterocycles. The molecule has 0 saturated carbocycles. The first kappa shape index (κ1) is 30.7. The Labute approximate surface area is 254 Å². The van der Waals surface area contributed by atoms with E-state index in [0.29, 0.717) is 0 Å². The quantitative estimate of drug-likeness (QED) is 0.180. The fraction of sp³-hybridized carbons (Fsp3) is 0.538. The Morgan fingerprint density at radius 1 is 0.857 bits per heavy atom. The van der Waals surface area contributed by atoms with Gasteiger partial charge in [0, 0.05) is 17.2 Å². The van der Waals surface area contributed by atoms with E-state index >= 15 is 0 Å². The van der Waals surface area contributed by atoms with Crippen LogP contribution in [0.2, 0.25) is 0 Å². The van der Waals surface area contributed by atoms with Crippen molar-refractivity contribution < 1.29 is 9.47 Å². The molecule has 5 rings (SSSR count). The number of para-hydroxylation sites is 1. The zero-order valence-corrected chi connectivity index (χ0v) is 27.3. The largest absolute Gasteiger partial charge is 0.463 e. The maximum Gasteiger partial charge on any atom is 0.199 e. The number of ether oxygens (including phenoxy) is 2. The lowest BCUT2D eigenvalue weighted by Crippen LogP contribution is -2.26. The highest BCUT2D eigenvalue weighted by atomic mass is 16.7. The molecule has 0 radical (unpaired) electrons. The fourth-order valence-corrected chi connectivity index (χ4v) is 7.24. The Morgan fingerprint density at radius 3 is 2.33 bits per heavy atom. The van der Waals surface area contributed by atoms with Gasteiger partial charge in [0.25, 0.3) is 0 Å². The van der Waals surface area contributed by atoms with Gasteiger partial charge < -0.3 is 14.0 Å². The highest BCUT2D eigenvalue weighted by Crippen LogP contribution is 2.43. The van der Waals surface area contributed by atoms with Crippen LogP contribution >= 0.6 is 0 Å². The van der Waals surface area contributed by atoms with E-state index in [1.807, 2.05) is 0 Å². The highest BCUT2D eigenvalue weighted by Gasteiger charge is 2.30. The Morgan fingerprint density at radius 2 is 1.62 bits per heavy atom. The summed E-state index contributed by atoms with van der Waals surface area (Å²) in [6.07, 6.45) is 11.1. The molecule has 1 fully saturated rings. The number of hydrogen-bond acceptors (Lipinski definition) is 2. The first-order valence-corrected chi connectivity index (χ1v) is 16.6. The summed E-state index contributed by atoms with van der Waals surface area (Å²) < 4.78 is 15.4. The van der Waals surface area contributed by atoms with Gasteiger partial charge in [0.2, 0.25) is 0 Å². The molecule has 1 aromatic heterocycles. The number of fused-ring (bicyclic) bond motifs is 3. The Hall–Kier alpha value is -2.78. The average Bonchev–Trinajstić information content (AvgIpc) is 3.29. The first-order chi connectivity index (χ1) is 20.1. The molecular formula is C39H53NO2. The molecule has 226 valence electrons. The van der Waals surface area contributed by atoms with Gasteiger partial charge in [0.1, 0.15) is 5.75 Å². The van der Waals surface area contributed by atoms with Crippen LogP contribution in [0.5, 0.6) is 5.75 Å². The van der Waals surface area contributed by atoms with Gasteiger partial charge in [0.15, 0.2) is 6.29 Å². The molecule has 0 aliphatic carbocycles. The second-order valence-corrected chi connectivity index (χ2v) is 14.4. The predicted octanol–water partition coefficient (Wildman–Crippen LogP) is 11.1. The molecule has 42 heavy (non-hydrogen) atoms. The Bertz CT molecular complexity index is 1500. The minimum Gasteiger partial charge on any atom is -0.463 e. The second-order valence-electron chi connectivity index (χ2n) is 14.4. The van der Waals surface area contributed by atoms with Crippen molar-refractivity contribution in [3.05, 3.63) is 71.3 Å². The van der Waals surface area contributed by atoms with Gasteiger partial charge in [-0.3, -0.25) is 0 Å². The maximum absolute atomic E-state index is 6.75. The van der Waals surface area contributed by atoms with Crippen LogP contribution in [-0.2, 0) is 23.0 Å². The normalized spacial score (nSPS) is 16.4. The van der Waals surface area contributed by atoms with Crippen molar-refractivity contribution in [2.75, 3.05) is 6.61 Å². The summed E-state index contributed by atoms with van der Waals surface area (Å²) in [6.45, 7) is 17.2. The van der Waals surface area contributed by atoms with Crippen LogP contribution in [0.15, 0.2) is 54.6 Å². The van der Waals surface area contributed by atoms with Crippen molar-refractivity contribution in [3.63, 3.8) is 0 Å². The van der Waals surface area contributed by atoms with Crippen LogP contribution in [0.1, 0.15) is 117 Å². The van der Waals surface area contributed by atoms with Gasteiger partial charge in [0.05, 0.1) is 23.3 Å². The van der Waals surface area contributed by atoms with Crippen molar-refractivity contribution >= 4 is 21.8 Å². The standard InChI is InChI=1S/C39H53NO2/c1-8-10-16-28-21-23-32-31-18-12-13-19-33(31)40(37(32)30(28)17-11-9-2)34-26-29(39(6,7)27-38(3,4)5)22-24-35(34)42-36-20-14-15-25-41-36/h12-13,18-19,21-24,26,36H,8-11,14-17,20,25,27H2,1-7H3. The fourth-order valence-electron chi connectivity index (χ4n) is 7.24. The van der Waals surface area contributed by atoms with Crippen molar-refractivity contribution in [1.82, 2.24) is 4.57 Å². The summed E-state index contributed by atoms with van der Waals surface area (Å²) in [5, 5.41) is 2.66. The minimum atomic E-state index is -0.196. The molecule has 3 heteroatoms. The van der Waals surface area contributed by atoms with Gasteiger partial charge in [-0.05, 0) is 90.7 Å². The van der Waals surface area contributed by atoms with Gasteiger partial charge >= 0.3 is 0 Å². The molecule has 0 bridgehead atoms. The molecular weight excluding hydrogens is 514 g/mol. The Balaban J connectivity index is 1.80. The number of benzene rings is 3. The molecule has 1 atom stereocenters. The minimum absolute atomic E-state index is 0.0168. The molecule has 1 aliphatic rings. The van der Waals surface area contributed by atoms with Crippen molar-refractivity contribution in [2.45, 2.75) is 124 Å². The first-order valence-electron chi connectivity index (χ1n) is 16.6. The number of aryl methyl sites for hydroxylation is 2. The number of hydrogen-bond donors (Lipinski definition) is 0. The zero-order valence-electron chi connectivity index (χ0n) is 27.3. The van der Waals surface area contributed by atoms with Gasteiger partial charge in [-0.15, -0.1) is 0 Å². The summed E-state index contributed by atoms with van der Waals surface area (Å²) >= 11 is 0. The second kappa shape index (κ2) is 12.8. The molecule has 1 aliphatic heterocycles. The molecule has 3 aromatic carbocycles. The summed E-state index contributed by atoms with van der Waals surface area (Å²) in [5.74, 6) is 0.917. The zero-order chi connectivity index (χ0) is 29.9.